The van der Waals surface area contributed by atoms with Crippen molar-refractivity contribution < 1.29 is 14.3 Å². The Morgan fingerprint density at radius 2 is 1.90 bits per heavy atom. The maximum atomic E-state index is 12.7. The van der Waals surface area contributed by atoms with Crippen molar-refractivity contribution in [3.05, 3.63) is 59.8 Å². The third-order valence-electron chi connectivity index (χ3n) is 4.63. The second-order valence-corrected chi connectivity index (χ2v) is 6.79. The number of aryl methyl sites for hydroxylation is 2. The predicted octanol–water partition coefficient (Wildman–Crippen LogP) is 2.94. The number of nitrogens with one attached hydrogen (secondary N) is 2. The fourth-order valence-electron chi connectivity index (χ4n) is 3.17. The highest BCUT2D eigenvalue weighted by atomic mass is 16.5. The molecule has 1 amide bonds. The normalized spacial score (nSPS) is 10.7. The van der Waals surface area contributed by atoms with E-state index in [4.69, 9.17) is 9.47 Å². The molecule has 0 aliphatic heterocycles. The molecule has 10 nitrogen and oxygen atoms in total. The SMILES string of the molecule is COc1ccc(OC)c(-c2cc(C(=O)Nc3cc(-n4nc(C)cc4C)ncn3)[nH]n2)c1. The fourth-order valence-corrected chi connectivity index (χ4v) is 3.17. The number of H-pyrrole nitrogens is 1. The highest BCUT2D eigenvalue weighted by Gasteiger charge is 2.16. The Labute approximate surface area is 178 Å². The summed E-state index contributed by atoms with van der Waals surface area (Å²) in [5, 5.41) is 14.2. The molecule has 0 fully saturated rings. The van der Waals surface area contributed by atoms with Crippen LogP contribution in [0, 0.1) is 13.8 Å². The number of amides is 1. The van der Waals surface area contributed by atoms with Gasteiger partial charge in [-0.05, 0) is 44.2 Å². The number of anilines is 1. The molecule has 2 N–H and O–H groups in total. The van der Waals surface area contributed by atoms with Gasteiger partial charge < -0.3 is 14.8 Å². The maximum Gasteiger partial charge on any atom is 0.274 e. The molecule has 0 saturated carbocycles. The van der Waals surface area contributed by atoms with Crippen LogP contribution in [-0.2, 0) is 0 Å². The number of aromatic nitrogens is 6. The minimum Gasteiger partial charge on any atom is -0.497 e. The summed E-state index contributed by atoms with van der Waals surface area (Å²) < 4.78 is 12.4. The van der Waals surface area contributed by atoms with Gasteiger partial charge in [0.1, 0.15) is 29.3 Å². The summed E-state index contributed by atoms with van der Waals surface area (Å²) in [4.78, 5) is 21.1. The number of hydrogen-bond donors (Lipinski definition) is 2. The van der Waals surface area contributed by atoms with Crippen LogP contribution in [0.25, 0.3) is 17.1 Å². The highest BCUT2D eigenvalue weighted by Crippen LogP contribution is 2.32. The van der Waals surface area contributed by atoms with E-state index in [1.54, 1.807) is 49.2 Å². The monoisotopic (exact) mass is 419 g/mol. The van der Waals surface area contributed by atoms with Gasteiger partial charge in [0, 0.05) is 17.3 Å². The van der Waals surface area contributed by atoms with Crippen molar-refractivity contribution >= 4 is 11.7 Å². The van der Waals surface area contributed by atoms with Gasteiger partial charge in [0.15, 0.2) is 5.82 Å². The van der Waals surface area contributed by atoms with Gasteiger partial charge in [0.25, 0.3) is 5.91 Å². The molecule has 158 valence electrons. The molecule has 0 atom stereocenters. The first kappa shape index (κ1) is 20.1. The molecule has 1 aromatic carbocycles. The smallest absolute Gasteiger partial charge is 0.274 e. The minimum absolute atomic E-state index is 0.270. The van der Waals surface area contributed by atoms with Gasteiger partial charge in [-0.3, -0.25) is 9.89 Å². The molecule has 4 aromatic rings. The number of hydrogen-bond acceptors (Lipinski definition) is 7. The van der Waals surface area contributed by atoms with Crippen LogP contribution in [0.15, 0.2) is 42.7 Å². The molecule has 0 bridgehead atoms. The van der Waals surface area contributed by atoms with Crippen LogP contribution in [0.1, 0.15) is 21.9 Å². The van der Waals surface area contributed by atoms with Gasteiger partial charge >= 0.3 is 0 Å². The maximum absolute atomic E-state index is 12.7. The van der Waals surface area contributed by atoms with Crippen LogP contribution in [0.3, 0.4) is 0 Å². The highest BCUT2D eigenvalue weighted by molar-refractivity contribution is 6.03. The lowest BCUT2D eigenvalue weighted by molar-refractivity contribution is 0.102. The summed E-state index contributed by atoms with van der Waals surface area (Å²) >= 11 is 0. The molecule has 0 saturated heterocycles. The van der Waals surface area contributed by atoms with Gasteiger partial charge in [0.2, 0.25) is 0 Å². The number of methoxy groups -OCH3 is 2. The van der Waals surface area contributed by atoms with E-state index in [9.17, 15) is 4.79 Å². The first-order chi connectivity index (χ1) is 15.0. The van der Waals surface area contributed by atoms with E-state index in [2.05, 4.69) is 30.6 Å². The molecule has 4 rings (SSSR count). The summed E-state index contributed by atoms with van der Waals surface area (Å²) in [5.74, 6) is 1.78. The van der Waals surface area contributed by atoms with Gasteiger partial charge in [-0.25, -0.2) is 14.6 Å². The van der Waals surface area contributed by atoms with Crippen LogP contribution in [0.2, 0.25) is 0 Å². The van der Waals surface area contributed by atoms with Crippen LogP contribution in [0.5, 0.6) is 11.5 Å². The fraction of sp³-hybridized carbons (Fsp3) is 0.190. The Morgan fingerprint density at radius 3 is 2.61 bits per heavy atom. The van der Waals surface area contributed by atoms with E-state index >= 15 is 0 Å². The van der Waals surface area contributed by atoms with E-state index in [-0.39, 0.29) is 5.69 Å². The Bertz CT molecular complexity index is 1250. The molecule has 10 heteroatoms. The van der Waals surface area contributed by atoms with Crippen LogP contribution in [0.4, 0.5) is 5.82 Å². The van der Waals surface area contributed by atoms with Crippen molar-refractivity contribution in [2.75, 3.05) is 19.5 Å². The first-order valence-corrected chi connectivity index (χ1v) is 9.43. The standard InChI is InChI=1S/C21H21N7O3/c1-12-7-13(2)28(27-12)20-10-19(22-11-23-20)24-21(29)17-9-16(25-26-17)15-8-14(30-3)5-6-18(15)31-4/h5-11H,1-4H3,(H,25,26)(H,22,23,24,29). The van der Waals surface area contributed by atoms with E-state index in [0.717, 1.165) is 11.4 Å². The largest absolute Gasteiger partial charge is 0.497 e. The molecule has 3 aromatic heterocycles. The molecular formula is C21H21N7O3. The Balaban J connectivity index is 1.57. The van der Waals surface area contributed by atoms with Crippen LogP contribution in [-0.4, -0.2) is 50.1 Å². The second kappa shape index (κ2) is 8.27. The predicted molar refractivity (Wildman–Crippen MR) is 114 cm³/mol. The van der Waals surface area contributed by atoms with E-state index in [1.165, 1.54) is 6.33 Å². The lowest BCUT2D eigenvalue weighted by Gasteiger charge is -2.08. The summed E-state index contributed by atoms with van der Waals surface area (Å²) in [6.07, 6.45) is 1.38. The number of aromatic amines is 1. The van der Waals surface area contributed by atoms with Crippen LogP contribution >= 0.6 is 0 Å². The molecule has 3 heterocycles. The summed E-state index contributed by atoms with van der Waals surface area (Å²) in [5.41, 5.74) is 3.32. The van der Waals surface area contributed by atoms with Crippen molar-refractivity contribution in [3.63, 3.8) is 0 Å². The molecule has 0 unspecified atom stereocenters. The zero-order valence-corrected chi connectivity index (χ0v) is 17.5. The molecule has 0 aliphatic rings. The number of ether oxygens (including phenoxy) is 2. The third-order valence-corrected chi connectivity index (χ3v) is 4.63. The van der Waals surface area contributed by atoms with Crippen molar-refractivity contribution in [2.45, 2.75) is 13.8 Å². The number of carbonyl (C=O) groups excluding carboxylic acids is 1. The third kappa shape index (κ3) is 4.08. The average molecular weight is 419 g/mol. The Morgan fingerprint density at radius 1 is 1.06 bits per heavy atom. The molecule has 0 spiro atoms. The Hall–Kier alpha value is -4.21. The van der Waals surface area contributed by atoms with Crippen molar-refractivity contribution in [1.29, 1.82) is 0 Å². The number of nitrogens with zero attached hydrogens (tertiary/aromatic N) is 5. The van der Waals surface area contributed by atoms with Gasteiger partial charge in [-0.15, -0.1) is 0 Å². The van der Waals surface area contributed by atoms with Gasteiger partial charge in [0.05, 0.1) is 25.6 Å². The van der Waals surface area contributed by atoms with Crippen molar-refractivity contribution in [2.24, 2.45) is 0 Å². The average Bonchev–Trinajstić information content (AvgIpc) is 3.40. The summed E-state index contributed by atoms with van der Waals surface area (Å²) in [6, 6.07) is 10.6. The quantitative estimate of drug-likeness (QED) is 0.493. The second-order valence-electron chi connectivity index (χ2n) is 6.79. The summed E-state index contributed by atoms with van der Waals surface area (Å²) in [7, 11) is 3.15. The number of carbonyl (C=O) groups is 1. The summed E-state index contributed by atoms with van der Waals surface area (Å²) in [6.45, 7) is 3.83. The molecule has 0 radical (unpaired) electrons. The molecule has 31 heavy (non-hydrogen) atoms. The van der Waals surface area contributed by atoms with E-state index < -0.39 is 5.91 Å². The Kier molecular flexibility index (Phi) is 5.35. The number of rotatable bonds is 6. The zero-order chi connectivity index (χ0) is 22.0. The van der Waals surface area contributed by atoms with Gasteiger partial charge in [-0.2, -0.15) is 10.2 Å². The first-order valence-electron chi connectivity index (χ1n) is 9.43. The van der Waals surface area contributed by atoms with Crippen molar-refractivity contribution in [1.82, 2.24) is 29.9 Å². The van der Waals surface area contributed by atoms with Crippen LogP contribution < -0.4 is 14.8 Å². The van der Waals surface area contributed by atoms with Gasteiger partial charge in [-0.1, -0.05) is 0 Å². The minimum atomic E-state index is -0.390. The van der Waals surface area contributed by atoms with E-state index in [1.807, 2.05) is 19.9 Å². The molecular weight excluding hydrogens is 398 g/mol. The van der Waals surface area contributed by atoms with E-state index in [0.29, 0.717) is 34.4 Å². The lowest BCUT2D eigenvalue weighted by Crippen LogP contribution is -2.14. The zero-order valence-electron chi connectivity index (χ0n) is 17.5. The molecule has 0 aliphatic carbocycles. The topological polar surface area (TPSA) is 120 Å². The number of benzene rings is 1. The lowest BCUT2D eigenvalue weighted by atomic mass is 10.1. The van der Waals surface area contributed by atoms with Crippen molar-refractivity contribution in [3.8, 4) is 28.6 Å².